The zero-order chi connectivity index (χ0) is 12.4. The molecule has 92 valence electrons. The van der Waals surface area contributed by atoms with Crippen molar-refractivity contribution in [3.05, 3.63) is 33.8 Å². The molecule has 1 aliphatic heterocycles. The Balaban J connectivity index is 2.12. The fraction of sp³-hybridized carbons (Fsp3) is 0.462. The van der Waals surface area contributed by atoms with Crippen LogP contribution >= 0.6 is 15.9 Å². The lowest BCUT2D eigenvalue weighted by molar-refractivity contribution is 0.0724. The lowest BCUT2D eigenvalue weighted by atomic mass is 10.1. The summed E-state index contributed by atoms with van der Waals surface area (Å²) in [5, 5.41) is 0. The van der Waals surface area contributed by atoms with Gasteiger partial charge in [-0.2, -0.15) is 0 Å². The van der Waals surface area contributed by atoms with E-state index >= 15 is 0 Å². The predicted molar refractivity (Wildman–Crippen MR) is 70.2 cm³/mol. The van der Waals surface area contributed by atoms with E-state index in [1.54, 1.807) is 7.11 Å². The molecule has 0 spiro atoms. The Morgan fingerprint density at radius 3 is 2.88 bits per heavy atom. The summed E-state index contributed by atoms with van der Waals surface area (Å²) in [6, 6.07) is 5.71. The minimum absolute atomic E-state index is 0.0974. The van der Waals surface area contributed by atoms with E-state index in [1.807, 2.05) is 30.0 Å². The molecule has 4 heteroatoms. The van der Waals surface area contributed by atoms with Crippen LogP contribution in [0, 0.1) is 6.92 Å². The number of methoxy groups -OCH3 is 1. The molecule has 0 N–H and O–H groups in total. The minimum Gasteiger partial charge on any atom is -0.380 e. The molecule has 1 aromatic carbocycles. The Kier molecular flexibility index (Phi) is 3.84. The van der Waals surface area contributed by atoms with Crippen molar-refractivity contribution in [2.24, 2.45) is 0 Å². The SMILES string of the molecule is COC1CCN(C(=O)c2ccc(Br)c(C)c2)C1. The summed E-state index contributed by atoms with van der Waals surface area (Å²) in [6.07, 6.45) is 1.12. The predicted octanol–water partition coefficient (Wildman–Crippen LogP) is 2.62. The lowest BCUT2D eigenvalue weighted by Gasteiger charge is -2.16. The highest BCUT2D eigenvalue weighted by Gasteiger charge is 2.26. The molecule has 0 aromatic heterocycles. The minimum atomic E-state index is 0.0974. The number of halogens is 1. The number of rotatable bonds is 2. The first-order chi connectivity index (χ1) is 8.11. The second-order valence-corrected chi connectivity index (χ2v) is 5.22. The van der Waals surface area contributed by atoms with Gasteiger partial charge in [-0.05, 0) is 37.1 Å². The topological polar surface area (TPSA) is 29.5 Å². The third kappa shape index (κ3) is 2.69. The number of ether oxygens (including phenoxy) is 1. The summed E-state index contributed by atoms with van der Waals surface area (Å²) < 4.78 is 6.30. The van der Waals surface area contributed by atoms with Gasteiger partial charge in [0.1, 0.15) is 0 Å². The molecule has 1 fully saturated rings. The fourth-order valence-electron chi connectivity index (χ4n) is 2.07. The third-order valence-corrected chi connectivity index (χ3v) is 4.06. The van der Waals surface area contributed by atoms with Crippen LogP contribution in [0.4, 0.5) is 0 Å². The molecule has 0 saturated carbocycles. The molecule has 1 aliphatic rings. The summed E-state index contributed by atoms with van der Waals surface area (Å²) >= 11 is 3.44. The van der Waals surface area contributed by atoms with Crippen LogP contribution in [-0.4, -0.2) is 37.1 Å². The molecular formula is C13H16BrNO2. The molecule has 1 heterocycles. The molecule has 1 unspecified atom stereocenters. The number of benzene rings is 1. The monoisotopic (exact) mass is 297 g/mol. The first-order valence-corrected chi connectivity index (χ1v) is 6.49. The molecule has 3 nitrogen and oxygen atoms in total. The van der Waals surface area contributed by atoms with Crippen LogP contribution in [0.1, 0.15) is 22.3 Å². The standard InChI is InChI=1S/C13H16BrNO2/c1-9-7-10(3-4-12(9)14)13(16)15-6-5-11(8-15)17-2/h3-4,7,11H,5-6,8H2,1-2H3. The highest BCUT2D eigenvalue weighted by atomic mass is 79.9. The molecule has 1 atom stereocenters. The molecule has 1 saturated heterocycles. The van der Waals surface area contributed by atoms with Crippen molar-refractivity contribution >= 4 is 21.8 Å². The number of nitrogens with zero attached hydrogens (tertiary/aromatic N) is 1. The van der Waals surface area contributed by atoms with Gasteiger partial charge in [-0.25, -0.2) is 0 Å². The lowest BCUT2D eigenvalue weighted by Crippen LogP contribution is -2.29. The van der Waals surface area contributed by atoms with Gasteiger partial charge in [-0.3, -0.25) is 4.79 Å². The average molecular weight is 298 g/mol. The third-order valence-electron chi connectivity index (χ3n) is 3.17. The smallest absolute Gasteiger partial charge is 0.253 e. The van der Waals surface area contributed by atoms with Gasteiger partial charge in [0.05, 0.1) is 6.10 Å². The second-order valence-electron chi connectivity index (χ2n) is 4.36. The summed E-state index contributed by atoms with van der Waals surface area (Å²) in [4.78, 5) is 14.1. The number of carbonyl (C=O) groups is 1. The fourth-order valence-corrected chi connectivity index (χ4v) is 2.31. The number of hydrogen-bond donors (Lipinski definition) is 0. The molecule has 0 aliphatic carbocycles. The number of amides is 1. The van der Waals surface area contributed by atoms with E-state index in [1.165, 1.54) is 0 Å². The van der Waals surface area contributed by atoms with Crippen molar-refractivity contribution in [1.29, 1.82) is 0 Å². The van der Waals surface area contributed by atoms with E-state index in [-0.39, 0.29) is 12.0 Å². The maximum absolute atomic E-state index is 12.2. The quantitative estimate of drug-likeness (QED) is 0.840. The average Bonchev–Trinajstić information content (AvgIpc) is 2.80. The summed E-state index contributed by atoms with van der Waals surface area (Å²) in [6.45, 7) is 3.47. The van der Waals surface area contributed by atoms with Crippen LogP contribution in [0.15, 0.2) is 22.7 Å². The van der Waals surface area contributed by atoms with Crippen molar-refractivity contribution < 1.29 is 9.53 Å². The molecule has 1 amide bonds. The van der Waals surface area contributed by atoms with Gasteiger partial charge in [0.15, 0.2) is 0 Å². The van der Waals surface area contributed by atoms with E-state index < -0.39 is 0 Å². The highest BCUT2D eigenvalue weighted by molar-refractivity contribution is 9.10. The first kappa shape index (κ1) is 12.6. The van der Waals surface area contributed by atoms with Gasteiger partial charge in [0, 0.05) is 30.2 Å². The molecule has 2 rings (SSSR count). The second kappa shape index (κ2) is 5.19. The molecule has 1 aromatic rings. The van der Waals surface area contributed by atoms with E-state index in [0.717, 1.165) is 28.6 Å². The summed E-state index contributed by atoms with van der Waals surface area (Å²) in [7, 11) is 1.70. The van der Waals surface area contributed by atoms with Crippen LogP contribution in [0.5, 0.6) is 0 Å². The van der Waals surface area contributed by atoms with E-state index in [9.17, 15) is 4.79 Å². The van der Waals surface area contributed by atoms with Crippen molar-refractivity contribution in [1.82, 2.24) is 4.90 Å². The summed E-state index contributed by atoms with van der Waals surface area (Å²) in [5.41, 5.74) is 1.83. The molecular weight excluding hydrogens is 282 g/mol. The van der Waals surface area contributed by atoms with Crippen LogP contribution in [0.3, 0.4) is 0 Å². The van der Waals surface area contributed by atoms with E-state index in [0.29, 0.717) is 6.54 Å². The van der Waals surface area contributed by atoms with Gasteiger partial charge >= 0.3 is 0 Å². The zero-order valence-corrected chi connectivity index (χ0v) is 11.7. The van der Waals surface area contributed by atoms with E-state index in [4.69, 9.17) is 4.74 Å². The number of hydrogen-bond acceptors (Lipinski definition) is 2. The Morgan fingerprint density at radius 2 is 2.29 bits per heavy atom. The van der Waals surface area contributed by atoms with Crippen LogP contribution in [0.25, 0.3) is 0 Å². The van der Waals surface area contributed by atoms with Crippen molar-refractivity contribution in [3.8, 4) is 0 Å². The Labute approximate surface area is 110 Å². The highest BCUT2D eigenvalue weighted by Crippen LogP contribution is 2.20. The molecule has 17 heavy (non-hydrogen) atoms. The maximum atomic E-state index is 12.2. The maximum Gasteiger partial charge on any atom is 0.253 e. The van der Waals surface area contributed by atoms with Gasteiger partial charge in [-0.15, -0.1) is 0 Å². The van der Waals surface area contributed by atoms with Crippen molar-refractivity contribution in [2.45, 2.75) is 19.4 Å². The van der Waals surface area contributed by atoms with Gasteiger partial charge < -0.3 is 9.64 Å². The van der Waals surface area contributed by atoms with Gasteiger partial charge in [0.2, 0.25) is 0 Å². The largest absolute Gasteiger partial charge is 0.380 e. The van der Waals surface area contributed by atoms with Gasteiger partial charge in [-0.1, -0.05) is 15.9 Å². The van der Waals surface area contributed by atoms with Crippen LogP contribution in [-0.2, 0) is 4.74 Å². The Morgan fingerprint density at radius 1 is 1.53 bits per heavy atom. The zero-order valence-electron chi connectivity index (χ0n) is 10.1. The van der Waals surface area contributed by atoms with Crippen LogP contribution < -0.4 is 0 Å². The van der Waals surface area contributed by atoms with Crippen LogP contribution in [0.2, 0.25) is 0 Å². The summed E-state index contributed by atoms with van der Waals surface area (Å²) in [5.74, 6) is 0.0974. The number of likely N-dealkylation sites (tertiary alicyclic amines) is 1. The van der Waals surface area contributed by atoms with E-state index in [2.05, 4.69) is 15.9 Å². The van der Waals surface area contributed by atoms with Crippen molar-refractivity contribution in [2.75, 3.05) is 20.2 Å². The Hall–Kier alpha value is -0.870. The van der Waals surface area contributed by atoms with Gasteiger partial charge in [0.25, 0.3) is 5.91 Å². The normalized spacial score (nSPS) is 19.7. The van der Waals surface area contributed by atoms with Crippen molar-refractivity contribution in [3.63, 3.8) is 0 Å². The molecule has 0 radical (unpaired) electrons. The molecule has 0 bridgehead atoms. The number of carbonyl (C=O) groups excluding carboxylic acids is 1. The first-order valence-electron chi connectivity index (χ1n) is 5.70. The number of aryl methyl sites for hydroxylation is 1. The Bertz CT molecular complexity index is 433.